The third kappa shape index (κ3) is 2.21. The minimum Gasteiger partial charge on any atom is -0.367 e. The van der Waals surface area contributed by atoms with Crippen LogP contribution in [0.25, 0.3) is 0 Å². The lowest BCUT2D eigenvalue weighted by atomic mass is 9.95. The summed E-state index contributed by atoms with van der Waals surface area (Å²) in [7, 11) is 0. The second-order valence-corrected chi connectivity index (χ2v) is 5.03. The Kier molecular flexibility index (Phi) is 2.81. The lowest BCUT2D eigenvalue weighted by Crippen LogP contribution is -2.35. The fourth-order valence-electron chi connectivity index (χ4n) is 2.35. The molecule has 2 aliphatic heterocycles. The molecule has 15 heavy (non-hydrogen) atoms. The molecule has 0 N–H and O–H groups in total. The van der Waals surface area contributed by atoms with Gasteiger partial charge in [0.15, 0.2) is 5.78 Å². The summed E-state index contributed by atoms with van der Waals surface area (Å²) in [6.07, 6.45) is -0.110. The molecule has 0 amide bonds. The maximum Gasteiger partial charge on any atom is 0.170 e. The quantitative estimate of drug-likeness (QED) is 0.689. The fourth-order valence-corrected chi connectivity index (χ4v) is 2.35. The van der Waals surface area contributed by atoms with E-state index in [-0.39, 0.29) is 11.7 Å². The highest BCUT2D eigenvalue weighted by Crippen LogP contribution is 2.27. The van der Waals surface area contributed by atoms with Gasteiger partial charge in [0, 0.05) is 19.6 Å². The predicted octanol–water partition coefficient (Wildman–Crippen LogP) is 1.02. The number of Topliss-reactive ketones (excluding diaryl/α,β-unsaturated/α-hetero) is 1. The zero-order chi connectivity index (χ0) is 11.1. The fraction of sp³-hybridized carbons (Fsp3) is 0.909. The van der Waals surface area contributed by atoms with Gasteiger partial charge in [-0.05, 0) is 20.3 Å². The van der Waals surface area contributed by atoms with Gasteiger partial charge >= 0.3 is 0 Å². The van der Waals surface area contributed by atoms with E-state index in [9.17, 15) is 9.18 Å². The number of halogens is 1. The topological polar surface area (TPSA) is 29.5 Å². The number of ether oxygens (including phenoxy) is 1. The Morgan fingerprint density at radius 2 is 2.33 bits per heavy atom. The Balaban J connectivity index is 1.89. The zero-order valence-electron chi connectivity index (χ0n) is 9.33. The first-order valence-corrected chi connectivity index (χ1v) is 5.54. The first-order chi connectivity index (χ1) is 6.99. The zero-order valence-corrected chi connectivity index (χ0v) is 9.33. The van der Waals surface area contributed by atoms with Crippen LogP contribution in [0.1, 0.15) is 20.3 Å². The van der Waals surface area contributed by atoms with Gasteiger partial charge in [-0.15, -0.1) is 0 Å². The van der Waals surface area contributed by atoms with Crippen LogP contribution < -0.4 is 0 Å². The van der Waals surface area contributed by atoms with Crippen LogP contribution in [-0.4, -0.2) is 48.7 Å². The van der Waals surface area contributed by atoms with Crippen LogP contribution in [0.15, 0.2) is 0 Å². The minimum atomic E-state index is -0.713. The molecule has 0 spiro atoms. The average Bonchev–Trinajstić information content (AvgIpc) is 2.66. The summed E-state index contributed by atoms with van der Waals surface area (Å²) < 4.78 is 18.4. The van der Waals surface area contributed by atoms with E-state index in [4.69, 9.17) is 4.74 Å². The molecular weight excluding hydrogens is 197 g/mol. The van der Waals surface area contributed by atoms with Crippen molar-refractivity contribution in [3.05, 3.63) is 0 Å². The van der Waals surface area contributed by atoms with Crippen LogP contribution in [0, 0.1) is 5.92 Å². The van der Waals surface area contributed by atoms with Crippen LogP contribution in [0.4, 0.5) is 4.39 Å². The summed E-state index contributed by atoms with van der Waals surface area (Å²) in [4.78, 5) is 13.9. The van der Waals surface area contributed by atoms with Crippen molar-refractivity contribution in [1.29, 1.82) is 0 Å². The highest BCUT2D eigenvalue weighted by molar-refractivity contribution is 5.90. The van der Waals surface area contributed by atoms with E-state index in [1.165, 1.54) is 0 Å². The number of carbonyl (C=O) groups is 1. The largest absolute Gasteiger partial charge is 0.367 e. The van der Waals surface area contributed by atoms with E-state index in [0.717, 1.165) is 6.54 Å². The Labute approximate surface area is 89.6 Å². The molecule has 0 aromatic heterocycles. The standard InChI is InChI=1S/C11H18FNO2/c1-11(2)10(14)8(7-15-11)5-13-4-3-9(12)6-13/h8-9H,3-7H2,1-2H3. The lowest BCUT2D eigenvalue weighted by molar-refractivity contribution is -0.130. The van der Waals surface area contributed by atoms with Gasteiger partial charge in [0.1, 0.15) is 11.8 Å². The third-order valence-electron chi connectivity index (χ3n) is 3.30. The van der Waals surface area contributed by atoms with Crippen molar-refractivity contribution in [2.75, 3.05) is 26.2 Å². The SMILES string of the molecule is CC1(C)OCC(CN2CCC(F)C2)C1=O. The second-order valence-electron chi connectivity index (χ2n) is 5.03. The normalized spacial score (nSPS) is 36.3. The molecule has 2 heterocycles. The van der Waals surface area contributed by atoms with Gasteiger partial charge in [-0.2, -0.15) is 0 Å². The van der Waals surface area contributed by atoms with Crippen LogP contribution in [0.3, 0.4) is 0 Å². The molecule has 0 aromatic carbocycles. The Hall–Kier alpha value is -0.480. The molecule has 0 saturated carbocycles. The summed E-state index contributed by atoms with van der Waals surface area (Å²) in [6.45, 7) is 5.99. The van der Waals surface area contributed by atoms with Gasteiger partial charge in [-0.1, -0.05) is 0 Å². The number of carbonyl (C=O) groups excluding carboxylic acids is 1. The number of nitrogens with zero attached hydrogens (tertiary/aromatic N) is 1. The van der Waals surface area contributed by atoms with E-state index in [1.54, 1.807) is 13.8 Å². The molecule has 2 saturated heterocycles. The maximum atomic E-state index is 12.9. The summed E-state index contributed by atoms with van der Waals surface area (Å²) in [5, 5.41) is 0. The van der Waals surface area contributed by atoms with Crippen molar-refractivity contribution in [2.45, 2.75) is 32.0 Å². The van der Waals surface area contributed by atoms with E-state index < -0.39 is 11.8 Å². The number of hydrogen-bond donors (Lipinski definition) is 0. The first-order valence-electron chi connectivity index (χ1n) is 5.54. The van der Waals surface area contributed by atoms with Gasteiger partial charge in [0.25, 0.3) is 0 Å². The minimum absolute atomic E-state index is 0.0645. The molecule has 2 aliphatic rings. The molecule has 2 rings (SSSR count). The number of rotatable bonds is 2. The molecular formula is C11H18FNO2. The monoisotopic (exact) mass is 215 g/mol. The van der Waals surface area contributed by atoms with Crippen LogP contribution in [0.2, 0.25) is 0 Å². The van der Waals surface area contributed by atoms with Crippen molar-refractivity contribution in [2.24, 2.45) is 5.92 Å². The van der Waals surface area contributed by atoms with Gasteiger partial charge in [-0.25, -0.2) is 4.39 Å². The molecule has 0 aliphatic carbocycles. The van der Waals surface area contributed by atoms with E-state index in [2.05, 4.69) is 0 Å². The maximum absolute atomic E-state index is 12.9. The smallest absolute Gasteiger partial charge is 0.170 e. The number of ketones is 1. The van der Waals surface area contributed by atoms with E-state index in [1.807, 2.05) is 4.90 Å². The summed E-state index contributed by atoms with van der Waals surface area (Å²) in [6, 6.07) is 0. The highest BCUT2D eigenvalue weighted by Gasteiger charge is 2.42. The van der Waals surface area contributed by atoms with E-state index >= 15 is 0 Å². The molecule has 0 aromatic rings. The molecule has 2 unspecified atom stereocenters. The van der Waals surface area contributed by atoms with Gasteiger partial charge < -0.3 is 4.74 Å². The molecule has 4 heteroatoms. The molecule has 2 fully saturated rings. The summed E-state index contributed by atoms with van der Waals surface area (Å²) in [5.74, 6) is 0.0927. The summed E-state index contributed by atoms with van der Waals surface area (Å²) in [5.41, 5.74) is -0.639. The van der Waals surface area contributed by atoms with E-state index in [0.29, 0.717) is 26.1 Å². The molecule has 86 valence electrons. The van der Waals surface area contributed by atoms with Crippen molar-refractivity contribution in [3.8, 4) is 0 Å². The van der Waals surface area contributed by atoms with Crippen LogP contribution >= 0.6 is 0 Å². The molecule has 2 atom stereocenters. The van der Waals surface area contributed by atoms with Crippen molar-refractivity contribution in [1.82, 2.24) is 4.90 Å². The number of likely N-dealkylation sites (tertiary alicyclic amines) is 1. The lowest BCUT2D eigenvalue weighted by Gasteiger charge is -2.18. The van der Waals surface area contributed by atoms with Crippen LogP contribution in [0.5, 0.6) is 0 Å². The molecule has 0 radical (unpaired) electrons. The van der Waals surface area contributed by atoms with Crippen molar-refractivity contribution >= 4 is 5.78 Å². The second kappa shape index (κ2) is 3.83. The number of alkyl halides is 1. The third-order valence-corrected chi connectivity index (χ3v) is 3.30. The predicted molar refractivity (Wildman–Crippen MR) is 54.5 cm³/mol. The highest BCUT2D eigenvalue weighted by atomic mass is 19.1. The average molecular weight is 215 g/mol. The van der Waals surface area contributed by atoms with Crippen LogP contribution in [-0.2, 0) is 9.53 Å². The molecule has 3 nitrogen and oxygen atoms in total. The van der Waals surface area contributed by atoms with Gasteiger partial charge in [0.05, 0.1) is 12.5 Å². The van der Waals surface area contributed by atoms with Gasteiger partial charge in [-0.3, -0.25) is 9.69 Å². The van der Waals surface area contributed by atoms with Gasteiger partial charge in [0.2, 0.25) is 0 Å². The Morgan fingerprint density at radius 1 is 1.60 bits per heavy atom. The Morgan fingerprint density at radius 3 is 2.80 bits per heavy atom. The Bertz CT molecular complexity index is 267. The first kappa shape index (κ1) is 11.0. The molecule has 0 bridgehead atoms. The van der Waals surface area contributed by atoms with Crippen molar-refractivity contribution < 1.29 is 13.9 Å². The summed E-state index contributed by atoms with van der Waals surface area (Å²) >= 11 is 0. The van der Waals surface area contributed by atoms with Crippen molar-refractivity contribution in [3.63, 3.8) is 0 Å². The number of hydrogen-bond acceptors (Lipinski definition) is 3.